The van der Waals surface area contributed by atoms with Gasteiger partial charge in [-0.25, -0.2) is 4.79 Å². The van der Waals surface area contributed by atoms with Crippen LogP contribution in [0, 0.1) is 0 Å². The van der Waals surface area contributed by atoms with Crippen molar-refractivity contribution < 1.29 is 14.3 Å². The normalized spacial score (nSPS) is 11.0. The molecule has 0 spiro atoms. The van der Waals surface area contributed by atoms with Gasteiger partial charge in [0.15, 0.2) is 0 Å². The van der Waals surface area contributed by atoms with E-state index in [9.17, 15) is 4.79 Å². The van der Waals surface area contributed by atoms with Crippen molar-refractivity contribution in [2.24, 2.45) is 0 Å². The summed E-state index contributed by atoms with van der Waals surface area (Å²) in [6.07, 6.45) is -0.768. The topological polar surface area (TPSA) is 35.5 Å². The van der Waals surface area contributed by atoms with E-state index in [1.807, 2.05) is 6.07 Å². The maximum Gasteiger partial charge on any atom is 0.513 e. The van der Waals surface area contributed by atoms with Gasteiger partial charge in [0.25, 0.3) is 0 Å². The molecule has 0 saturated heterocycles. The molecule has 0 saturated carbocycles. The molecule has 0 amide bonds. The molecule has 1 aromatic carbocycles. The van der Waals surface area contributed by atoms with Crippen molar-refractivity contribution in [1.82, 2.24) is 0 Å². The Morgan fingerprint density at radius 1 is 1.31 bits per heavy atom. The highest BCUT2D eigenvalue weighted by molar-refractivity contribution is 6.34. The Labute approximate surface area is 97.2 Å². The molecule has 0 aliphatic heterocycles. The van der Waals surface area contributed by atoms with Crippen LogP contribution in [0.25, 0.3) is 0 Å². The summed E-state index contributed by atoms with van der Waals surface area (Å²) in [7, 11) is 7.04. The monoisotopic (exact) mass is 218 g/mol. The lowest BCUT2D eigenvalue weighted by Gasteiger charge is -2.20. The summed E-state index contributed by atoms with van der Waals surface area (Å²) in [6.45, 7) is 6.26. The van der Waals surface area contributed by atoms with Gasteiger partial charge in [0.1, 0.15) is 13.6 Å². The second kappa shape index (κ2) is 4.60. The molecule has 1 aromatic rings. The van der Waals surface area contributed by atoms with Crippen molar-refractivity contribution in [3.63, 3.8) is 0 Å². The van der Waals surface area contributed by atoms with Gasteiger partial charge in [-0.3, -0.25) is 0 Å². The van der Waals surface area contributed by atoms with Crippen molar-refractivity contribution in [3.8, 4) is 5.75 Å². The number of ether oxygens (including phenoxy) is 2. The zero-order valence-corrected chi connectivity index (χ0v) is 10.0. The molecule has 0 fully saturated rings. The van der Waals surface area contributed by atoms with Gasteiger partial charge in [0.2, 0.25) is 0 Å². The number of rotatable bonds is 1. The van der Waals surface area contributed by atoms with Crippen molar-refractivity contribution in [2.45, 2.75) is 26.2 Å². The number of carbonyl (C=O) groups excluding carboxylic acids is 1. The second-order valence-electron chi connectivity index (χ2n) is 4.56. The molecule has 0 heterocycles. The molecule has 0 aliphatic carbocycles. The van der Waals surface area contributed by atoms with E-state index in [0.29, 0.717) is 11.2 Å². The summed E-state index contributed by atoms with van der Waals surface area (Å²) in [5.74, 6) is 0.319. The van der Waals surface area contributed by atoms with E-state index in [-0.39, 0.29) is 5.41 Å². The van der Waals surface area contributed by atoms with Gasteiger partial charge in [-0.1, -0.05) is 38.4 Å². The molecule has 0 aliphatic rings. The first-order valence-electron chi connectivity index (χ1n) is 5.00. The van der Waals surface area contributed by atoms with Crippen LogP contribution in [0.2, 0.25) is 0 Å². The Morgan fingerprint density at radius 3 is 2.38 bits per heavy atom. The molecule has 0 atom stereocenters. The van der Waals surface area contributed by atoms with Gasteiger partial charge in [-0.15, -0.1) is 0 Å². The van der Waals surface area contributed by atoms with Crippen LogP contribution in [-0.2, 0) is 10.2 Å². The molecule has 0 bridgehead atoms. The maximum absolute atomic E-state index is 10.9. The lowest BCUT2D eigenvalue weighted by atomic mass is 9.82. The molecular weight excluding hydrogens is 203 g/mol. The number of carbonyl (C=O) groups is 1. The van der Waals surface area contributed by atoms with Crippen LogP contribution in [0.4, 0.5) is 4.79 Å². The van der Waals surface area contributed by atoms with E-state index >= 15 is 0 Å². The SMILES string of the molecule is [B]c1cc(C(C)(C)C)ccc1OC(=O)OC. The standard InChI is InChI=1S/C12H15BO3/c1-12(2,3)8-5-6-10(9(13)7-8)16-11(14)15-4/h5-7H,1-4H3. The fourth-order valence-corrected chi connectivity index (χ4v) is 1.24. The fourth-order valence-electron chi connectivity index (χ4n) is 1.24. The first-order chi connectivity index (χ1) is 7.34. The van der Waals surface area contributed by atoms with Crippen molar-refractivity contribution in [3.05, 3.63) is 23.8 Å². The minimum Gasteiger partial charge on any atom is -0.437 e. The van der Waals surface area contributed by atoms with E-state index in [2.05, 4.69) is 25.5 Å². The molecule has 3 nitrogen and oxygen atoms in total. The largest absolute Gasteiger partial charge is 0.513 e. The molecular formula is C12H15BO3. The zero-order chi connectivity index (χ0) is 12.3. The number of methoxy groups -OCH3 is 1. The maximum atomic E-state index is 10.9. The molecule has 1 rings (SSSR count). The van der Waals surface area contributed by atoms with E-state index < -0.39 is 6.16 Å². The van der Waals surface area contributed by atoms with E-state index in [1.54, 1.807) is 12.1 Å². The highest BCUT2D eigenvalue weighted by Crippen LogP contribution is 2.22. The van der Waals surface area contributed by atoms with Crippen molar-refractivity contribution in [2.75, 3.05) is 7.11 Å². The van der Waals surface area contributed by atoms with Crippen molar-refractivity contribution >= 4 is 19.5 Å². The number of benzene rings is 1. The van der Waals surface area contributed by atoms with Gasteiger partial charge >= 0.3 is 6.16 Å². The quantitative estimate of drug-likeness (QED) is 0.410. The summed E-state index contributed by atoms with van der Waals surface area (Å²) < 4.78 is 9.27. The van der Waals surface area contributed by atoms with Crippen LogP contribution in [0.15, 0.2) is 18.2 Å². The predicted molar refractivity (Wildman–Crippen MR) is 63.6 cm³/mol. The van der Waals surface area contributed by atoms with Gasteiger partial charge in [0.05, 0.1) is 7.11 Å². The summed E-state index contributed by atoms with van der Waals surface area (Å²) in [6, 6.07) is 5.36. The minimum absolute atomic E-state index is 0.0118. The van der Waals surface area contributed by atoms with Crippen LogP contribution < -0.4 is 10.2 Å². The average molecular weight is 218 g/mol. The van der Waals surface area contributed by atoms with Crippen LogP contribution in [0.5, 0.6) is 5.75 Å². The van der Waals surface area contributed by atoms with Gasteiger partial charge < -0.3 is 9.47 Å². The van der Waals surface area contributed by atoms with Gasteiger partial charge in [-0.05, 0) is 17.0 Å². The third-order valence-electron chi connectivity index (χ3n) is 2.24. The summed E-state index contributed by atoms with van der Waals surface area (Å²) in [5.41, 5.74) is 1.53. The van der Waals surface area contributed by atoms with Gasteiger partial charge in [0, 0.05) is 0 Å². The number of hydrogen-bond acceptors (Lipinski definition) is 3. The first kappa shape index (κ1) is 12.6. The summed E-state index contributed by atoms with van der Waals surface area (Å²) >= 11 is 0. The van der Waals surface area contributed by atoms with Crippen molar-refractivity contribution in [1.29, 1.82) is 0 Å². The molecule has 84 valence electrons. The van der Waals surface area contributed by atoms with Crippen LogP contribution >= 0.6 is 0 Å². The molecule has 0 N–H and O–H groups in total. The minimum atomic E-state index is -0.768. The van der Waals surface area contributed by atoms with E-state index in [4.69, 9.17) is 12.6 Å². The Hall–Kier alpha value is -1.45. The summed E-state index contributed by atoms with van der Waals surface area (Å²) in [4.78, 5) is 10.9. The average Bonchev–Trinajstić information content (AvgIpc) is 2.19. The summed E-state index contributed by atoms with van der Waals surface area (Å²) in [5, 5.41) is 0. The molecule has 4 heteroatoms. The Morgan fingerprint density at radius 2 is 1.94 bits per heavy atom. The molecule has 0 aromatic heterocycles. The second-order valence-corrected chi connectivity index (χ2v) is 4.56. The third kappa shape index (κ3) is 3.02. The van der Waals surface area contributed by atoms with Crippen LogP contribution in [0.3, 0.4) is 0 Å². The smallest absolute Gasteiger partial charge is 0.437 e. The highest BCUT2D eigenvalue weighted by atomic mass is 16.7. The Bertz CT molecular complexity index is 394. The predicted octanol–water partition coefficient (Wildman–Crippen LogP) is 1.92. The lowest BCUT2D eigenvalue weighted by molar-refractivity contribution is 0.122. The lowest BCUT2D eigenvalue weighted by Crippen LogP contribution is -2.19. The molecule has 0 unspecified atom stereocenters. The molecule has 2 radical (unpaired) electrons. The first-order valence-corrected chi connectivity index (χ1v) is 5.00. The zero-order valence-electron chi connectivity index (χ0n) is 10.0. The van der Waals surface area contributed by atoms with Gasteiger partial charge in [-0.2, -0.15) is 0 Å². The molecule has 16 heavy (non-hydrogen) atoms. The van der Waals surface area contributed by atoms with E-state index in [1.165, 1.54) is 7.11 Å². The van der Waals surface area contributed by atoms with E-state index in [0.717, 1.165) is 5.56 Å². The van der Waals surface area contributed by atoms with Crippen LogP contribution in [0.1, 0.15) is 26.3 Å². The van der Waals surface area contributed by atoms with Crippen LogP contribution in [-0.4, -0.2) is 21.1 Å². The highest BCUT2D eigenvalue weighted by Gasteiger charge is 2.15. The third-order valence-corrected chi connectivity index (χ3v) is 2.24. The Kier molecular flexibility index (Phi) is 3.63. The number of hydrogen-bond donors (Lipinski definition) is 0. The fraction of sp³-hybridized carbons (Fsp3) is 0.417. The Balaban J connectivity index is 2.96.